The molecule has 2 rings (SSSR count). The maximum Gasteiger partial charge on any atom is 0.153 e. The minimum Gasteiger partial charge on any atom is -0.301 e. The second-order valence-corrected chi connectivity index (χ2v) is 5.44. The Bertz CT molecular complexity index is 352. The summed E-state index contributed by atoms with van der Waals surface area (Å²) in [7, 11) is 0. The molecule has 1 unspecified atom stereocenters. The number of hydrogen-bond donors (Lipinski definition) is 1. The van der Waals surface area contributed by atoms with Gasteiger partial charge in [-0.2, -0.15) is 5.10 Å². The first-order valence-electron chi connectivity index (χ1n) is 7.39. The van der Waals surface area contributed by atoms with Crippen molar-refractivity contribution in [3.8, 4) is 0 Å². The van der Waals surface area contributed by atoms with Gasteiger partial charge in [0.15, 0.2) is 5.82 Å². The van der Waals surface area contributed by atoms with Gasteiger partial charge in [-0.25, -0.2) is 4.98 Å². The zero-order valence-corrected chi connectivity index (χ0v) is 11.9. The lowest BCUT2D eigenvalue weighted by Crippen LogP contribution is -2.39. The number of piperidine rings is 1. The van der Waals surface area contributed by atoms with Crippen LogP contribution in [0.5, 0.6) is 0 Å². The van der Waals surface area contributed by atoms with Crippen molar-refractivity contribution in [1.29, 1.82) is 0 Å². The molecule has 0 spiro atoms. The van der Waals surface area contributed by atoms with Gasteiger partial charge in [0.2, 0.25) is 0 Å². The summed E-state index contributed by atoms with van der Waals surface area (Å²) < 4.78 is 0. The Morgan fingerprint density at radius 3 is 2.61 bits per heavy atom. The van der Waals surface area contributed by atoms with Crippen LogP contribution >= 0.6 is 0 Å². The summed E-state index contributed by atoms with van der Waals surface area (Å²) >= 11 is 0. The van der Waals surface area contributed by atoms with E-state index in [9.17, 15) is 0 Å². The number of aromatic nitrogens is 3. The van der Waals surface area contributed by atoms with Crippen molar-refractivity contribution < 1.29 is 0 Å². The molecule has 4 nitrogen and oxygen atoms in total. The van der Waals surface area contributed by atoms with Crippen molar-refractivity contribution in [2.45, 2.75) is 64.8 Å². The number of H-pyrrole nitrogens is 1. The third-order valence-corrected chi connectivity index (χ3v) is 4.11. The molecule has 2 heterocycles. The Labute approximate surface area is 110 Å². The zero-order chi connectivity index (χ0) is 13.0. The van der Waals surface area contributed by atoms with Crippen LogP contribution in [0.3, 0.4) is 0 Å². The summed E-state index contributed by atoms with van der Waals surface area (Å²) in [5.74, 6) is 2.62. The van der Waals surface area contributed by atoms with E-state index in [4.69, 9.17) is 0 Å². The Morgan fingerprint density at radius 2 is 2.06 bits per heavy atom. The lowest BCUT2D eigenvalue weighted by atomic mass is 9.94. The first-order chi connectivity index (χ1) is 8.74. The van der Waals surface area contributed by atoms with Gasteiger partial charge in [0, 0.05) is 18.4 Å². The zero-order valence-electron chi connectivity index (χ0n) is 11.9. The van der Waals surface area contributed by atoms with Crippen LogP contribution in [0, 0.1) is 0 Å². The van der Waals surface area contributed by atoms with Gasteiger partial charge in [-0.1, -0.05) is 20.3 Å². The molecule has 18 heavy (non-hydrogen) atoms. The van der Waals surface area contributed by atoms with Crippen LogP contribution in [0.25, 0.3) is 0 Å². The summed E-state index contributed by atoms with van der Waals surface area (Å²) in [6.07, 6.45) is 5.94. The molecule has 1 aromatic heterocycles. The number of aromatic amines is 1. The van der Waals surface area contributed by atoms with Gasteiger partial charge >= 0.3 is 0 Å². The Hall–Kier alpha value is -0.900. The quantitative estimate of drug-likeness (QED) is 0.874. The molecule has 0 aromatic carbocycles. The van der Waals surface area contributed by atoms with Crippen molar-refractivity contribution in [3.63, 3.8) is 0 Å². The van der Waals surface area contributed by atoms with Crippen molar-refractivity contribution in [2.75, 3.05) is 13.1 Å². The number of likely N-dealkylation sites (tertiary alicyclic amines) is 1. The highest BCUT2D eigenvalue weighted by molar-refractivity contribution is 5.00. The minimum absolute atomic E-state index is 0.562. The van der Waals surface area contributed by atoms with Crippen LogP contribution in [-0.4, -0.2) is 39.2 Å². The monoisotopic (exact) mass is 250 g/mol. The fourth-order valence-corrected chi connectivity index (χ4v) is 2.85. The van der Waals surface area contributed by atoms with Crippen LogP contribution in [0.4, 0.5) is 0 Å². The van der Waals surface area contributed by atoms with Gasteiger partial charge in [0.05, 0.1) is 0 Å². The van der Waals surface area contributed by atoms with E-state index < -0.39 is 0 Å². The summed E-state index contributed by atoms with van der Waals surface area (Å²) in [5.41, 5.74) is 0. The fraction of sp³-hybridized carbons (Fsp3) is 0.857. The molecule has 102 valence electrons. The van der Waals surface area contributed by atoms with E-state index in [1.54, 1.807) is 0 Å². The van der Waals surface area contributed by atoms with Crippen LogP contribution in [0.2, 0.25) is 0 Å². The summed E-state index contributed by atoms with van der Waals surface area (Å²) in [6.45, 7) is 9.12. The molecule has 0 bridgehead atoms. The predicted molar refractivity (Wildman–Crippen MR) is 73.7 cm³/mol. The van der Waals surface area contributed by atoms with E-state index in [1.807, 2.05) is 0 Å². The Balaban J connectivity index is 1.86. The second kappa shape index (κ2) is 6.32. The molecule has 0 saturated carbocycles. The summed E-state index contributed by atoms with van der Waals surface area (Å²) in [6, 6.07) is 0.731. The molecule has 1 saturated heterocycles. The molecular weight excluding hydrogens is 224 g/mol. The number of hydrogen-bond acceptors (Lipinski definition) is 3. The number of rotatable bonds is 5. The lowest BCUT2D eigenvalue weighted by molar-refractivity contribution is 0.152. The van der Waals surface area contributed by atoms with Crippen molar-refractivity contribution in [1.82, 2.24) is 20.1 Å². The standard InChI is InChI=1S/C14H26N4/c1-4-6-11(3)18-9-7-12(8-10-18)14-15-13(5-2)16-17-14/h11-12H,4-10H2,1-3H3,(H,15,16,17). The molecule has 1 N–H and O–H groups in total. The summed E-state index contributed by atoms with van der Waals surface area (Å²) in [4.78, 5) is 7.19. The van der Waals surface area contributed by atoms with E-state index in [2.05, 4.69) is 40.9 Å². The average molecular weight is 250 g/mol. The molecule has 1 aromatic rings. The van der Waals surface area contributed by atoms with Gasteiger partial charge in [-0.3, -0.25) is 5.10 Å². The number of aryl methyl sites for hydroxylation is 1. The highest BCUT2D eigenvalue weighted by Gasteiger charge is 2.25. The van der Waals surface area contributed by atoms with Crippen LogP contribution in [0.1, 0.15) is 64.0 Å². The average Bonchev–Trinajstić information content (AvgIpc) is 2.88. The highest BCUT2D eigenvalue weighted by atomic mass is 15.2. The normalized spacial score (nSPS) is 20.2. The van der Waals surface area contributed by atoms with Gasteiger partial charge in [-0.15, -0.1) is 0 Å². The van der Waals surface area contributed by atoms with Gasteiger partial charge in [0.25, 0.3) is 0 Å². The molecule has 1 fully saturated rings. The molecule has 4 heteroatoms. The largest absolute Gasteiger partial charge is 0.301 e. The second-order valence-electron chi connectivity index (χ2n) is 5.44. The Kier molecular flexibility index (Phi) is 4.75. The smallest absolute Gasteiger partial charge is 0.153 e. The number of nitrogens with zero attached hydrogens (tertiary/aromatic N) is 3. The minimum atomic E-state index is 0.562. The third kappa shape index (κ3) is 3.10. The fourth-order valence-electron chi connectivity index (χ4n) is 2.85. The molecule has 0 amide bonds. The molecule has 1 atom stereocenters. The van der Waals surface area contributed by atoms with E-state index in [1.165, 1.54) is 38.8 Å². The Morgan fingerprint density at radius 1 is 1.33 bits per heavy atom. The van der Waals surface area contributed by atoms with Crippen molar-refractivity contribution in [3.05, 3.63) is 11.6 Å². The first-order valence-corrected chi connectivity index (χ1v) is 7.39. The van der Waals surface area contributed by atoms with Crippen LogP contribution in [-0.2, 0) is 6.42 Å². The van der Waals surface area contributed by atoms with Crippen molar-refractivity contribution >= 4 is 0 Å². The maximum absolute atomic E-state index is 4.57. The molecular formula is C14H26N4. The molecule has 1 aliphatic rings. The molecule has 0 aliphatic carbocycles. The van der Waals surface area contributed by atoms with E-state index >= 15 is 0 Å². The first kappa shape index (κ1) is 13.5. The summed E-state index contributed by atoms with van der Waals surface area (Å²) in [5, 5.41) is 7.39. The van der Waals surface area contributed by atoms with Gasteiger partial charge < -0.3 is 4.90 Å². The van der Waals surface area contributed by atoms with E-state index in [0.29, 0.717) is 5.92 Å². The van der Waals surface area contributed by atoms with Crippen LogP contribution < -0.4 is 0 Å². The number of nitrogens with one attached hydrogen (secondary N) is 1. The van der Waals surface area contributed by atoms with E-state index in [0.717, 1.165) is 24.1 Å². The van der Waals surface area contributed by atoms with Crippen molar-refractivity contribution in [2.24, 2.45) is 0 Å². The molecule has 0 radical (unpaired) electrons. The van der Waals surface area contributed by atoms with Gasteiger partial charge in [0.1, 0.15) is 5.82 Å². The lowest BCUT2D eigenvalue weighted by Gasteiger charge is -2.35. The third-order valence-electron chi connectivity index (χ3n) is 4.11. The van der Waals surface area contributed by atoms with Crippen LogP contribution in [0.15, 0.2) is 0 Å². The van der Waals surface area contributed by atoms with E-state index in [-0.39, 0.29) is 0 Å². The highest BCUT2D eigenvalue weighted by Crippen LogP contribution is 2.27. The maximum atomic E-state index is 4.57. The SMILES string of the molecule is CCCC(C)N1CCC(c2n[nH]c(CC)n2)CC1. The predicted octanol–water partition coefficient (Wildman–Crippen LogP) is 2.74. The van der Waals surface area contributed by atoms with Gasteiger partial charge in [-0.05, 0) is 39.3 Å². The topological polar surface area (TPSA) is 44.8 Å². The molecule has 1 aliphatic heterocycles.